The lowest BCUT2D eigenvalue weighted by atomic mass is 10.4. The van der Waals surface area contributed by atoms with Crippen LogP contribution in [0.5, 0.6) is 0 Å². The van der Waals surface area contributed by atoms with Crippen molar-refractivity contribution >= 4 is 6.16 Å². The Morgan fingerprint density at radius 3 is 2.77 bits per heavy atom. The number of methoxy groups -OCH3 is 1. The summed E-state index contributed by atoms with van der Waals surface area (Å²) in [6, 6.07) is 0. The van der Waals surface area contributed by atoms with Crippen LogP contribution in [-0.2, 0) is 14.2 Å². The first-order chi connectivity index (χ1) is 6.22. The second-order valence-corrected chi connectivity index (χ2v) is 3.35. The van der Waals surface area contributed by atoms with E-state index in [0.29, 0.717) is 0 Å². The lowest BCUT2D eigenvalue weighted by molar-refractivity contribution is -0.00658. The Labute approximate surface area is 78.2 Å². The third-order valence-corrected chi connectivity index (χ3v) is 1.92. The van der Waals surface area contributed by atoms with E-state index < -0.39 is 6.16 Å². The number of carbonyl (C=O) groups excluding carboxylic acids is 1. The average molecular weight is 188 g/mol. The first-order valence-electron chi connectivity index (χ1n) is 4.54. The molecule has 0 amide bonds. The van der Waals surface area contributed by atoms with Gasteiger partial charge in [-0.3, -0.25) is 0 Å². The summed E-state index contributed by atoms with van der Waals surface area (Å²) in [6.07, 6.45) is 1.84. The third-order valence-electron chi connectivity index (χ3n) is 1.92. The van der Waals surface area contributed by atoms with E-state index in [1.807, 2.05) is 6.92 Å². The van der Waals surface area contributed by atoms with Crippen LogP contribution >= 0.6 is 0 Å². The fourth-order valence-corrected chi connectivity index (χ4v) is 0.877. The van der Waals surface area contributed by atoms with Gasteiger partial charge >= 0.3 is 6.16 Å². The molecule has 1 atom stereocenters. The van der Waals surface area contributed by atoms with Crippen molar-refractivity contribution in [2.45, 2.75) is 25.9 Å². The van der Waals surface area contributed by atoms with Gasteiger partial charge in [0.15, 0.2) is 0 Å². The average Bonchev–Trinajstić information content (AvgIpc) is 2.94. The molecule has 0 bridgehead atoms. The lowest BCUT2D eigenvalue weighted by Gasteiger charge is -2.12. The van der Waals surface area contributed by atoms with Crippen LogP contribution in [0.2, 0.25) is 0 Å². The molecule has 1 saturated carbocycles. The zero-order chi connectivity index (χ0) is 9.68. The number of hydrogen-bond acceptors (Lipinski definition) is 4. The molecule has 4 nitrogen and oxygen atoms in total. The summed E-state index contributed by atoms with van der Waals surface area (Å²) >= 11 is 0. The van der Waals surface area contributed by atoms with Gasteiger partial charge in [-0.25, -0.2) is 4.79 Å². The van der Waals surface area contributed by atoms with E-state index in [0.717, 1.165) is 12.5 Å². The van der Waals surface area contributed by atoms with Crippen molar-refractivity contribution in [1.29, 1.82) is 0 Å². The first-order valence-corrected chi connectivity index (χ1v) is 4.54. The van der Waals surface area contributed by atoms with E-state index >= 15 is 0 Å². The molecule has 1 unspecified atom stereocenters. The maximum Gasteiger partial charge on any atom is 0.508 e. The first kappa shape index (κ1) is 10.3. The molecule has 1 aliphatic carbocycles. The van der Waals surface area contributed by atoms with E-state index in [2.05, 4.69) is 4.74 Å². The number of carbonyl (C=O) groups is 1. The summed E-state index contributed by atoms with van der Waals surface area (Å²) < 4.78 is 14.5. The van der Waals surface area contributed by atoms with Crippen LogP contribution in [0.3, 0.4) is 0 Å². The molecule has 0 N–H and O–H groups in total. The molecule has 0 aliphatic heterocycles. The second-order valence-electron chi connectivity index (χ2n) is 3.35. The number of ether oxygens (including phenoxy) is 3. The highest BCUT2D eigenvalue weighted by atomic mass is 16.7. The van der Waals surface area contributed by atoms with Crippen molar-refractivity contribution in [1.82, 2.24) is 0 Å². The topological polar surface area (TPSA) is 44.8 Å². The van der Waals surface area contributed by atoms with Crippen LogP contribution in [0.1, 0.15) is 19.8 Å². The summed E-state index contributed by atoms with van der Waals surface area (Å²) in [6.45, 7) is 2.93. The predicted octanol–water partition coefficient (Wildman–Crippen LogP) is 1.58. The third kappa shape index (κ3) is 4.72. The molecular formula is C9H16O4. The zero-order valence-electron chi connectivity index (χ0n) is 8.12. The second kappa shape index (κ2) is 5.07. The molecule has 0 saturated heterocycles. The molecule has 0 aromatic carbocycles. The van der Waals surface area contributed by atoms with Crippen molar-refractivity contribution < 1.29 is 19.0 Å². The molecule has 0 aromatic rings. The van der Waals surface area contributed by atoms with Crippen molar-refractivity contribution in [2.24, 2.45) is 5.92 Å². The van der Waals surface area contributed by atoms with Crippen LogP contribution in [0.4, 0.5) is 4.79 Å². The van der Waals surface area contributed by atoms with Gasteiger partial charge in [-0.15, -0.1) is 0 Å². The molecule has 4 heteroatoms. The Morgan fingerprint density at radius 2 is 2.23 bits per heavy atom. The van der Waals surface area contributed by atoms with Gasteiger partial charge in [-0.2, -0.15) is 0 Å². The minimum atomic E-state index is -0.651. The van der Waals surface area contributed by atoms with Gasteiger partial charge in [0.2, 0.25) is 0 Å². The minimum Gasteiger partial charge on any atom is -0.438 e. The molecule has 13 heavy (non-hydrogen) atoms. The molecule has 0 spiro atoms. The normalized spacial score (nSPS) is 18.0. The summed E-state index contributed by atoms with van der Waals surface area (Å²) in [5, 5.41) is 0. The summed E-state index contributed by atoms with van der Waals surface area (Å²) in [7, 11) is 1.29. The van der Waals surface area contributed by atoms with Crippen LogP contribution in [0.25, 0.3) is 0 Å². The standard InChI is InChI=1S/C9H16O4/c1-7(5-13-9(10)11-2)12-6-8-3-4-8/h7-8H,3-6H2,1-2H3. The van der Waals surface area contributed by atoms with Gasteiger partial charge < -0.3 is 14.2 Å². The van der Waals surface area contributed by atoms with E-state index in [-0.39, 0.29) is 12.7 Å². The summed E-state index contributed by atoms with van der Waals surface area (Å²) in [5.41, 5.74) is 0. The van der Waals surface area contributed by atoms with E-state index in [9.17, 15) is 4.79 Å². The van der Waals surface area contributed by atoms with Crippen LogP contribution in [-0.4, -0.2) is 32.6 Å². The fourth-order valence-electron chi connectivity index (χ4n) is 0.877. The Kier molecular flexibility index (Phi) is 4.02. The molecule has 1 rings (SSSR count). The lowest BCUT2D eigenvalue weighted by Crippen LogP contribution is -2.19. The van der Waals surface area contributed by atoms with Crippen LogP contribution in [0.15, 0.2) is 0 Å². The highest BCUT2D eigenvalue weighted by Gasteiger charge is 2.22. The van der Waals surface area contributed by atoms with E-state index in [1.54, 1.807) is 0 Å². The van der Waals surface area contributed by atoms with Crippen LogP contribution < -0.4 is 0 Å². The molecule has 0 aromatic heterocycles. The van der Waals surface area contributed by atoms with Crippen LogP contribution in [0, 0.1) is 5.92 Å². The van der Waals surface area contributed by atoms with Gasteiger partial charge in [0.05, 0.1) is 13.2 Å². The van der Waals surface area contributed by atoms with E-state index in [4.69, 9.17) is 9.47 Å². The summed E-state index contributed by atoms with van der Waals surface area (Å²) in [4.78, 5) is 10.6. The minimum absolute atomic E-state index is 0.0419. The smallest absolute Gasteiger partial charge is 0.438 e. The largest absolute Gasteiger partial charge is 0.508 e. The SMILES string of the molecule is COC(=O)OCC(C)OCC1CC1. The maximum absolute atomic E-state index is 10.6. The van der Waals surface area contributed by atoms with Crippen molar-refractivity contribution in [3.8, 4) is 0 Å². The number of hydrogen-bond donors (Lipinski definition) is 0. The summed E-state index contributed by atoms with van der Waals surface area (Å²) in [5.74, 6) is 0.737. The molecule has 76 valence electrons. The van der Waals surface area contributed by atoms with Gasteiger partial charge in [0.1, 0.15) is 6.61 Å². The molecule has 1 fully saturated rings. The quantitative estimate of drug-likeness (QED) is 0.614. The van der Waals surface area contributed by atoms with Gasteiger partial charge in [0, 0.05) is 6.61 Å². The van der Waals surface area contributed by atoms with Gasteiger partial charge in [0.25, 0.3) is 0 Å². The molecule has 0 radical (unpaired) electrons. The maximum atomic E-state index is 10.6. The van der Waals surface area contributed by atoms with Gasteiger partial charge in [-0.05, 0) is 25.7 Å². The zero-order valence-corrected chi connectivity index (χ0v) is 8.12. The molecule has 0 heterocycles. The predicted molar refractivity (Wildman–Crippen MR) is 46.5 cm³/mol. The number of rotatable bonds is 5. The Bertz CT molecular complexity index is 165. The van der Waals surface area contributed by atoms with Crippen molar-refractivity contribution in [3.63, 3.8) is 0 Å². The molecular weight excluding hydrogens is 172 g/mol. The Balaban J connectivity index is 1.95. The van der Waals surface area contributed by atoms with E-state index in [1.165, 1.54) is 20.0 Å². The fraction of sp³-hybridized carbons (Fsp3) is 0.889. The Morgan fingerprint density at radius 1 is 1.54 bits per heavy atom. The van der Waals surface area contributed by atoms with Gasteiger partial charge in [-0.1, -0.05) is 0 Å². The molecule has 1 aliphatic rings. The van der Waals surface area contributed by atoms with Crippen molar-refractivity contribution in [2.75, 3.05) is 20.3 Å². The highest BCUT2D eigenvalue weighted by molar-refractivity contribution is 5.59. The Hall–Kier alpha value is -0.770. The monoisotopic (exact) mass is 188 g/mol. The highest BCUT2D eigenvalue weighted by Crippen LogP contribution is 2.29. The van der Waals surface area contributed by atoms with Crippen molar-refractivity contribution in [3.05, 3.63) is 0 Å².